The second-order valence-electron chi connectivity index (χ2n) is 6.51. The Kier molecular flexibility index (Phi) is 5.59. The van der Waals surface area contributed by atoms with E-state index in [9.17, 15) is 0 Å². The van der Waals surface area contributed by atoms with Crippen LogP contribution in [0, 0.1) is 0 Å². The average molecular weight is 396 g/mol. The van der Waals surface area contributed by atoms with E-state index < -0.39 is 0 Å². The molecule has 0 saturated carbocycles. The highest BCUT2D eigenvalue weighted by Crippen LogP contribution is 2.32. The third-order valence-corrected chi connectivity index (χ3v) is 5.51. The first kappa shape index (κ1) is 18.5. The summed E-state index contributed by atoms with van der Waals surface area (Å²) in [4.78, 5) is 22.3. The van der Waals surface area contributed by atoms with E-state index in [1.807, 2.05) is 17.8 Å². The summed E-state index contributed by atoms with van der Waals surface area (Å²) in [7, 11) is 0. The van der Waals surface area contributed by atoms with Gasteiger partial charge in [-0.15, -0.1) is 11.3 Å². The second-order valence-corrected chi connectivity index (χ2v) is 7.23. The van der Waals surface area contributed by atoms with E-state index >= 15 is 0 Å². The van der Waals surface area contributed by atoms with Gasteiger partial charge in [0.05, 0.1) is 28.4 Å². The van der Waals surface area contributed by atoms with Crippen molar-refractivity contribution in [1.29, 1.82) is 0 Å². The van der Waals surface area contributed by atoms with Crippen molar-refractivity contribution in [2.75, 3.05) is 13.2 Å². The Morgan fingerprint density at radius 1 is 1.21 bits per heavy atom. The summed E-state index contributed by atoms with van der Waals surface area (Å²) in [5.41, 5.74) is 6.14. The number of pyridine rings is 1. The van der Waals surface area contributed by atoms with Gasteiger partial charge in [-0.2, -0.15) is 0 Å². The molecule has 0 atom stereocenters. The number of aromatic nitrogens is 4. The number of nitrogens with zero attached hydrogens (tertiary/aromatic N) is 4. The van der Waals surface area contributed by atoms with Crippen molar-refractivity contribution in [3.63, 3.8) is 0 Å². The second kappa shape index (κ2) is 8.45. The van der Waals surface area contributed by atoms with Gasteiger partial charge in [0.25, 0.3) is 6.47 Å². The van der Waals surface area contributed by atoms with Crippen LogP contribution in [0.1, 0.15) is 30.4 Å². The molecule has 8 heteroatoms. The highest BCUT2D eigenvalue weighted by atomic mass is 32.1. The number of imidazole rings is 1. The number of hydrogen-bond donors (Lipinski definition) is 1. The topological polar surface area (TPSA) is 90.1 Å². The van der Waals surface area contributed by atoms with Crippen molar-refractivity contribution < 1.29 is 14.6 Å². The first-order valence-corrected chi connectivity index (χ1v) is 10.0. The molecule has 3 aromatic heterocycles. The highest BCUT2D eigenvalue weighted by Gasteiger charge is 2.23. The first-order valence-electron chi connectivity index (χ1n) is 9.09. The average Bonchev–Trinajstić information content (AvgIpc) is 3.37. The third kappa shape index (κ3) is 3.61. The molecule has 0 spiro atoms. The molecule has 1 aromatic carbocycles. The molecule has 4 aromatic rings. The summed E-state index contributed by atoms with van der Waals surface area (Å²) in [5, 5.41) is 10.2. The zero-order valence-corrected chi connectivity index (χ0v) is 16.0. The van der Waals surface area contributed by atoms with Crippen LogP contribution in [0.15, 0.2) is 41.4 Å². The van der Waals surface area contributed by atoms with Gasteiger partial charge in [-0.25, -0.2) is 9.97 Å². The van der Waals surface area contributed by atoms with Crippen LogP contribution in [0.5, 0.6) is 0 Å². The van der Waals surface area contributed by atoms with Crippen LogP contribution in [-0.2, 0) is 16.0 Å². The van der Waals surface area contributed by atoms with E-state index in [-0.39, 0.29) is 6.47 Å². The fraction of sp³-hybridized carbons (Fsp3) is 0.300. The molecule has 0 bridgehead atoms. The largest absolute Gasteiger partial charge is 0.483 e. The minimum atomic E-state index is -0.250. The minimum absolute atomic E-state index is 0.250. The maximum absolute atomic E-state index is 8.36. The van der Waals surface area contributed by atoms with Gasteiger partial charge in [-0.05, 0) is 18.9 Å². The smallest absolute Gasteiger partial charge is 0.290 e. The lowest BCUT2D eigenvalue weighted by Crippen LogP contribution is -2.21. The first-order chi connectivity index (χ1) is 13.8. The number of ether oxygens (including phenoxy) is 1. The maximum atomic E-state index is 8.36. The van der Waals surface area contributed by atoms with Crippen molar-refractivity contribution in [2.45, 2.75) is 25.3 Å². The zero-order valence-electron chi connectivity index (χ0n) is 15.2. The van der Waals surface area contributed by atoms with Crippen molar-refractivity contribution in [2.24, 2.45) is 0 Å². The normalized spacial score (nSPS) is 14.7. The van der Waals surface area contributed by atoms with E-state index in [4.69, 9.17) is 19.6 Å². The molecule has 1 aliphatic heterocycles. The van der Waals surface area contributed by atoms with Crippen molar-refractivity contribution >= 4 is 39.7 Å². The molecular weight excluding hydrogens is 376 g/mol. The highest BCUT2D eigenvalue weighted by molar-refractivity contribution is 7.07. The van der Waals surface area contributed by atoms with Gasteiger partial charge in [0.2, 0.25) is 0 Å². The number of rotatable bonds is 3. The number of fused-ring (bicyclic) bond motifs is 3. The lowest BCUT2D eigenvalue weighted by molar-refractivity contribution is -0.122. The van der Waals surface area contributed by atoms with Crippen LogP contribution in [0.3, 0.4) is 0 Å². The van der Waals surface area contributed by atoms with Gasteiger partial charge in [0.1, 0.15) is 11.3 Å². The molecule has 5 rings (SSSR count). The molecule has 0 unspecified atom stereocenters. The lowest BCUT2D eigenvalue weighted by Gasteiger charge is -2.26. The van der Waals surface area contributed by atoms with Crippen molar-refractivity contribution in [3.05, 3.63) is 52.9 Å². The van der Waals surface area contributed by atoms with Gasteiger partial charge in [-0.3, -0.25) is 9.78 Å². The SMILES string of the molecule is O=CO.c1ccc2c(c1)ncc1nc(Cc3cscn3)n(C3CCOCC3)c12. The van der Waals surface area contributed by atoms with Crippen LogP contribution in [0.2, 0.25) is 0 Å². The zero-order chi connectivity index (χ0) is 19.3. The molecule has 144 valence electrons. The van der Waals surface area contributed by atoms with Crippen LogP contribution >= 0.6 is 11.3 Å². The summed E-state index contributed by atoms with van der Waals surface area (Å²) in [6, 6.07) is 8.74. The standard InChI is InChI=1S/C19H18N4OS.CH2O2/c1-2-4-16-15(3-1)19-17(10-20-16)22-18(9-13-11-25-12-21-13)23(19)14-5-7-24-8-6-14;2-1-3/h1-4,10-12,14H,5-9H2;1H,(H,2,3). The van der Waals surface area contributed by atoms with E-state index in [2.05, 4.69) is 38.1 Å². The molecule has 0 amide bonds. The Hall–Kier alpha value is -2.84. The number of thiazole rings is 1. The van der Waals surface area contributed by atoms with Crippen LogP contribution < -0.4 is 0 Å². The fourth-order valence-corrected chi connectivity index (χ4v) is 4.28. The predicted octanol–water partition coefficient (Wildman–Crippen LogP) is 3.68. The van der Waals surface area contributed by atoms with Crippen LogP contribution in [0.4, 0.5) is 0 Å². The van der Waals surface area contributed by atoms with E-state index in [0.29, 0.717) is 6.04 Å². The van der Waals surface area contributed by atoms with Crippen molar-refractivity contribution in [1.82, 2.24) is 19.5 Å². The Balaban J connectivity index is 0.000000604. The number of benzene rings is 1. The van der Waals surface area contributed by atoms with Gasteiger partial charge in [-0.1, -0.05) is 18.2 Å². The monoisotopic (exact) mass is 396 g/mol. The van der Waals surface area contributed by atoms with E-state index in [1.54, 1.807) is 11.3 Å². The third-order valence-electron chi connectivity index (χ3n) is 4.87. The number of hydrogen-bond acceptors (Lipinski definition) is 6. The van der Waals surface area contributed by atoms with Gasteiger partial charge in [0.15, 0.2) is 0 Å². The predicted molar refractivity (Wildman–Crippen MR) is 108 cm³/mol. The van der Waals surface area contributed by atoms with Gasteiger partial charge >= 0.3 is 0 Å². The molecule has 0 radical (unpaired) electrons. The molecule has 1 aliphatic rings. The molecule has 0 aliphatic carbocycles. The van der Waals surface area contributed by atoms with Crippen LogP contribution in [-0.4, -0.2) is 44.3 Å². The summed E-state index contributed by atoms with van der Waals surface area (Å²) >= 11 is 1.63. The van der Waals surface area contributed by atoms with E-state index in [1.165, 1.54) is 10.9 Å². The van der Waals surface area contributed by atoms with Crippen LogP contribution in [0.25, 0.3) is 21.9 Å². The molecule has 1 saturated heterocycles. The Morgan fingerprint density at radius 3 is 2.75 bits per heavy atom. The summed E-state index contributed by atoms with van der Waals surface area (Å²) in [6.07, 6.45) is 4.69. The number of para-hydroxylation sites is 1. The molecule has 1 N–H and O–H groups in total. The number of carboxylic acid groups (broad SMARTS) is 1. The van der Waals surface area contributed by atoms with Gasteiger partial charge < -0.3 is 14.4 Å². The fourth-order valence-electron chi connectivity index (χ4n) is 3.72. The minimum Gasteiger partial charge on any atom is -0.483 e. The molecule has 4 heterocycles. The van der Waals surface area contributed by atoms with Crippen molar-refractivity contribution in [3.8, 4) is 0 Å². The summed E-state index contributed by atoms with van der Waals surface area (Å²) in [5.74, 6) is 1.07. The Morgan fingerprint density at radius 2 is 2.00 bits per heavy atom. The molecule has 7 nitrogen and oxygen atoms in total. The summed E-state index contributed by atoms with van der Waals surface area (Å²) < 4.78 is 8.02. The maximum Gasteiger partial charge on any atom is 0.290 e. The summed E-state index contributed by atoms with van der Waals surface area (Å²) in [6.45, 7) is 1.37. The number of carbonyl (C=O) groups is 1. The lowest BCUT2D eigenvalue weighted by atomic mass is 10.1. The van der Waals surface area contributed by atoms with Gasteiger partial charge in [0, 0.05) is 36.4 Å². The molecular formula is C20H20N4O3S. The Bertz CT molecular complexity index is 1070. The molecule has 1 fully saturated rings. The Labute approximate surface area is 165 Å². The quantitative estimate of drug-likeness (QED) is 0.531. The molecule has 28 heavy (non-hydrogen) atoms. The van der Waals surface area contributed by atoms with E-state index in [0.717, 1.165) is 55.0 Å².